The topological polar surface area (TPSA) is 250 Å². The van der Waals surface area contributed by atoms with E-state index in [0.717, 1.165) is 54.8 Å². The van der Waals surface area contributed by atoms with Crippen LogP contribution in [0.5, 0.6) is 0 Å². The predicted octanol–water partition coefficient (Wildman–Crippen LogP) is 9.58. The Kier molecular flexibility index (Phi) is 21.3. The molecule has 7 N–H and O–H groups in total. The molecule has 0 spiro atoms. The number of nitro benzene ring substituents is 1. The molecule has 21 heteroatoms. The quantitative estimate of drug-likeness (QED) is 0.0252. The second kappa shape index (κ2) is 28.4. The van der Waals surface area contributed by atoms with E-state index in [1.807, 2.05) is 131 Å². The summed E-state index contributed by atoms with van der Waals surface area (Å²) in [6, 6.07) is 38.0. The van der Waals surface area contributed by atoms with Gasteiger partial charge in [-0.15, -0.1) is 45.3 Å². The van der Waals surface area contributed by atoms with Crippen LogP contribution < -0.4 is 27.0 Å². The maximum Gasteiger partial charge on any atom is 0.407 e. The number of nitrogen functional groups attached to an aromatic ring is 1. The smallest absolute Gasteiger partial charge is 0.407 e. The Labute approximate surface area is 443 Å². The van der Waals surface area contributed by atoms with Gasteiger partial charge < -0.3 is 41.6 Å². The average Bonchev–Trinajstić information content (AvgIpc) is 4.29. The van der Waals surface area contributed by atoms with Gasteiger partial charge in [0.25, 0.3) is 5.69 Å². The van der Waals surface area contributed by atoms with Crippen molar-refractivity contribution in [2.45, 2.75) is 49.9 Å². The first-order valence-corrected chi connectivity index (χ1v) is 26.3. The number of nitro groups is 1. The van der Waals surface area contributed by atoms with E-state index in [1.54, 1.807) is 34.8 Å². The minimum atomic E-state index is -0.885. The molecule has 0 saturated carbocycles. The van der Waals surface area contributed by atoms with Gasteiger partial charge in [-0.3, -0.25) is 19.7 Å². The summed E-state index contributed by atoms with van der Waals surface area (Å²) in [5, 5.41) is 39.1. The summed E-state index contributed by atoms with van der Waals surface area (Å²) in [5.41, 5.74) is 11.5. The average molecular weight is 1080 g/mol. The van der Waals surface area contributed by atoms with Gasteiger partial charge in [0, 0.05) is 48.5 Å². The number of benzene rings is 4. The Morgan fingerprint density at radius 2 is 0.946 bits per heavy atom. The van der Waals surface area contributed by atoms with Gasteiger partial charge in [-0.1, -0.05) is 97.1 Å². The molecule has 0 aliphatic rings. The van der Waals surface area contributed by atoms with Gasteiger partial charge in [-0.2, -0.15) is 0 Å². The molecule has 0 fully saturated rings. The molecule has 17 nitrogen and oxygen atoms in total. The first kappa shape index (κ1) is 55.5. The van der Waals surface area contributed by atoms with Crippen LogP contribution in [0.3, 0.4) is 0 Å². The highest BCUT2D eigenvalue weighted by atomic mass is 32.1. The van der Waals surface area contributed by atoms with E-state index >= 15 is 0 Å². The molecule has 8 rings (SSSR count). The van der Waals surface area contributed by atoms with Crippen molar-refractivity contribution >= 4 is 80.7 Å². The Bertz CT molecular complexity index is 2990. The summed E-state index contributed by atoms with van der Waals surface area (Å²) in [6.45, 7) is 0. The first-order chi connectivity index (χ1) is 35.9. The van der Waals surface area contributed by atoms with E-state index in [1.165, 1.54) is 49.0 Å². The molecule has 4 aromatic heterocycles. The van der Waals surface area contributed by atoms with Crippen LogP contribution in [0.2, 0.25) is 0 Å². The van der Waals surface area contributed by atoms with E-state index in [0.29, 0.717) is 30.6 Å². The molecule has 4 heterocycles. The number of thiophene rings is 2. The second-order valence-electron chi connectivity index (χ2n) is 16.1. The van der Waals surface area contributed by atoms with Crippen LogP contribution in [-0.2, 0) is 44.7 Å². The van der Waals surface area contributed by atoms with E-state index in [-0.39, 0.29) is 18.0 Å². The minimum Gasteiger partial charge on any atom is -0.453 e. The molecule has 8 aromatic rings. The highest BCUT2D eigenvalue weighted by Crippen LogP contribution is 2.32. The van der Waals surface area contributed by atoms with Crippen LogP contribution in [0.15, 0.2) is 155 Å². The third-order valence-corrected chi connectivity index (χ3v) is 14.8. The van der Waals surface area contributed by atoms with Gasteiger partial charge in [0.15, 0.2) is 0 Å². The number of nitrogens with one attached hydrogen (secondary N) is 4. The summed E-state index contributed by atoms with van der Waals surface area (Å²) >= 11 is 6.21. The number of non-ortho nitro benzene ring substituents is 1. The summed E-state index contributed by atoms with van der Waals surface area (Å²) < 4.78 is 9.49. The number of methoxy groups -OCH3 is 2. The SMILES string of the molecule is CO.COC(=O)N[C@@H](Cc1ccccc1)C(=O)N[C@H](Cc1ccc(N)cc1)c1csc(-c2cccs2)n1.COC(=O)N[C@@H](Cc1ccccc1)C(=O)N[C@H](Cc1ccc([N+](=O)[O-])cc1)c1csc(-c2cccs2)n1. The van der Waals surface area contributed by atoms with Gasteiger partial charge >= 0.3 is 12.2 Å². The molecule has 0 unspecified atom stereocenters. The molecule has 0 aliphatic carbocycles. The number of alkyl carbamates (subject to hydrolysis) is 2. The van der Waals surface area contributed by atoms with Crippen LogP contribution in [0.25, 0.3) is 19.8 Å². The number of carbonyl (C=O) groups is 4. The van der Waals surface area contributed by atoms with Crippen molar-refractivity contribution in [3.8, 4) is 19.8 Å². The number of amides is 4. The monoisotopic (exact) mass is 1070 g/mol. The van der Waals surface area contributed by atoms with Crippen LogP contribution >= 0.6 is 45.3 Å². The molecule has 0 radical (unpaired) electrons. The molecule has 384 valence electrons. The Hall–Kier alpha value is -7.82. The van der Waals surface area contributed by atoms with Crippen molar-refractivity contribution in [1.29, 1.82) is 0 Å². The van der Waals surface area contributed by atoms with Gasteiger partial charge in [0.1, 0.15) is 22.1 Å². The number of aliphatic hydroxyl groups is 1. The molecule has 0 saturated heterocycles. The fourth-order valence-corrected chi connectivity index (χ4v) is 10.7. The number of rotatable bonds is 19. The number of hydrogen-bond acceptors (Lipinski definition) is 16. The van der Waals surface area contributed by atoms with Crippen molar-refractivity contribution in [2.24, 2.45) is 0 Å². The molecule has 0 bridgehead atoms. The van der Waals surface area contributed by atoms with Crippen molar-refractivity contribution in [3.05, 3.63) is 199 Å². The lowest BCUT2D eigenvalue weighted by atomic mass is 10.0. The zero-order valence-electron chi connectivity index (χ0n) is 40.4. The lowest BCUT2D eigenvalue weighted by molar-refractivity contribution is -0.384. The zero-order valence-corrected chi connectivity index (χ0v) is 43.7. The Balaban J connectivity index is 0.000000234. The summed E-state index contributed by atoms with van der Waals surface area (Å²) in [7, 11) is 3.52. The molecule has 74 heavy (non-hydrogen) atoms. The Morgan fingerprint density at radius 3 is 1.31 bits per heavy atom. The fraction of sp³-hybridized carbons (Fsp3) is 0.208. The molecule has 4 aromatic carbocycles. The number of anilines is 1. The molecule has 4 atom stereocenters. The third kappa shape index (κ3) is 16.6. The number of aliphatic hydroxyl groups excluding tert-OH is 1. The molecular formula is C53H54N8O9S4. The highest BCUT2D eigenvalue weighted by molar-refractivity contribution is 7.20. The van der Waals surface area contributed by atoms with Gasteiger partial charge in [-0.25, -0.2) is 19.6 Å². The first-order valence-electron chi connectivity index (χ1n) is 22.8. The van der Waals surface area contributed by atoms with Gasteiger partial charge in [-0.05, 0) is 70.1 Å². The third-order valence-electron chi connectivity index (χ3n) is 11.0. The lowest BCUT2D eigenvalue weighted by Crippen LogP contribution is -2.49. The number of nitrogens with zero attached hydrogens (tertiary/aromatic N) is 3. The van der Waals surface area contributed by atoms with Crippen LogP contribution in [0.1, 0.15) is 45.7 Å². The summed E-state index contributed by atoms with van der Waals surface area (Å²) in [6.07, 6.45) is 0.0995. The number of aromatic nitrogens is 2. The van der Waals surface area contributed by atoms with E-state index in [4.69, 9.17) is 30.3 Å². The van der Waals surface area contributed by atoms with Crippen LogP contribution in [-0.4, -0.2) is 77.4 Å². The second-order valence-corrected chi connectivity index (χ2v) is 19.7. The van der Waals surface area contributed by atoms with Crippen molar-refractivity contribution in [3.63, 3.8) is 0 Å². The maximum atomic E-state index is 13.5. The fourth-order valence-electron chi connectivity index (χ4n) is 7.32. The van der Waals surface area contributed by atoms with E-state index in [2.05, 4.69) is 21.3 Å². The van der Waals surface area contributed by atoms with E-state index in [9.17, 15) is 29.3 Å². The Morgan fingerprint density at radius 1 is 0.554 bits per heavy atom. The molecule has 4 amide bonds. The van der Waals surface area contributed by atoms with Crippen LogP contribution in [0, 0.1) is 10.1 Å². The number of hydrogen-bond donors (Lipinski definition) is 6. The van der Waals surface area contributed by atoms with Gasteiger partial charge in [0.2, 0.25) is 11.8 Å². The van der Waals surface area contributed by atoms with Crippen LogP contribution in [0.4, 0.5) is 21.0 Å². The maximum absolute atomic E-state index is 13.5. The van der Waals surface area contributed by atoms with Crippen molar-refractivity contribution in [1.82, 2.24) is 31.2 Å². The molecular weight excluding hydrogens is 1020 g/mol. The lowest BCUT2D eigenvalue weighted by Gasteiger charge is -2.23. The number of thiazole rings is 2. The highest BCUT2D eigenvalue weighted by Gasteiger charge is 2.28. The van der Waals surface area contributed by atoms with Gasteiger partial charge in [0.05, 0.1) is 52.4 Å². The molecule has 0 aliphatic heterocycles. The normalized spacial score (nSPS) is 12.2. The van der Waals surface area contributed by atoms with Crippen molar-refractivity contribution < 1.29 is 38.7 Å². The number of carbonyl (C=O) groups excluding carboxylic acids is 4. The largest absolute Gasteiger partial charge is 0.453 e. The van der Waals surface area contributed by atoms with E-state index < -0.39 is 47.2 Å². The minimum absolute atomic E-state index is 0.0109. The standard InChI is InChI=1S/C26H24N4O5S2.C26H26N4O3S2.CH4O/c1-35-26(32)29-21(15-17-6-3-2-4-7-17)24(31)27-20(14-18-9-11-19(12-10-18)30(33)34)22-16-37-25(28-22)23-8-5-13-36-23;1-33-26(32)30-21(15-17-6-3-2-4-7-17)24(31)28-20(14-18-9-11-19(27)12-10-18)22-16-35-25(29-22)23-8-5-13-34-23;1-2/h2-13,16,20-21H,14-15H2,1H3,(H,27,31)(H,29,32);2-13,16,20-21H,14-15,27H2,1H3,(H,28,31)(H,30,32);2H,1H3/t2*20-,21+;/m11./s1. The summed E-state index contributed by atoms with van der Waals surface area (Å²) in [4.78, 5) is 73.2. The number of nitrogens with two attached hydrogens (primary N) is 1. The zero-order chi connectivity index (χ0) is 52.8. The predicted molar refractivity (Wildman–Crippen MR) is 291 cm³/mol. The number of ether oxygens (including phenoxy) is 2. The summed E-state index contributed by atoms with van der Waals surface area (Å²) in [5.74, 6) is -0.711. The van der Waals surface area contributed by atoms with Crippen molar-refractivity contribution in [2.75, 3.05) is 27.1 Å².